The lowest BCUT2D eigenvalue weighted by Crippen LogP contribution is -2.09. The van der Waals surface area contributed by atoms with Crippen LogP contribution in [0, 0.1) is 6.92 Å². The fourth-order valence-electron chi connectivity index (χ4n) is 2.54. The highest BCUT2D eigenvalue weighted by molar-refractivity contribution is 7.13. The standard InChI is InChI=1S/C21H21NO5S/c1-14-3-6-17(7-4-14)26-9-10-27-18-8-5-15(11-19(18)25-2)21-22-16(13-28-21)12-20(23)24/h3-8,11,13H,9-10,12H2,1-2H3,(H,23,24). The molecule has 1 N–H and O–H groups in total. The molecule has 0 radical (unpaired) electrons. The van der Waals surface area contributed by atoms with Crippen molar-refractivity contribution in [2.45, 2.75) is 13.3 Å². The first-order valence-electron chi connectivity index (χ1n) is 8.72. The largest absolute Gasteiger partial charge is 0.493 e. The third-order valence-corrected chi connectivity index (χ3v) is 4.87. The van der Waals surface area contributed by atoms with Crippen molar-refractivity contribution in [3.8, 4) is 27.8 Å². The number of benzene rings is 2. The molecule has 0 bridgehead atoms. The third-order valence-electron chi connectivity index (χ3n) is 3.93. The summed E-state index contributed by atoms with van der Waals surface area (Å²) in [6.07, 6.45) is -0.0875. The minimum Gasteiger partial charge on any atom is -0.493 e. The van der Waals surface area contributed by atoms with Crippen LogP contribution in [0.25, 0.3) is 10.6 Å². The van der Waals surface area contributed by atoms with E-state index < -0.39 is 5.97 Å². The van der Waals surface area contributed by atoms with Gasteiger partial charge in [0.05, 0.1) is 19.2 Å². The Morgan fingerprint density at radius 3 is 2.54 bits per heavy atom. The van der Waals surface area contributed by atoms with Crippen LogP contribution in [0.15, 0.2) is 47.8 Å². The van der Waals surface area contributed by atoms with Gasteiger partial charge in [0.15, 0.2) is 11.5 Å². The van der Waals surface area contributed by atoms with Crippen LogP contribution < -0.4 is 14.2 Å². The van der Waals surface area contributed by atoms with Gasteiger partial charge in [0, 0.05) is 10.9 Å². The maximum atomic E-state index is 10.8. The number of carbonyl (C=O) groups is 1. The molecule has 0 amide bonds. The van der Waals surface area contributed by atoms with Gasteiger partial charge in [-0.1, -0.05) is 17.7 Å². The van der Waals surface area contributed by atoms with Crippen LogP contribution in [0.2, 0.25) is 0 Å². The number of aliphatic carboxylic acids is 1. The fourth-order valence-corrected chi connectivity index (χ4v) is 3.36. The molecule has 2 aromatic carbocycles. The molecule has 0 saturated carbocycles. The van der Waals surface area contributed by atoms with E-state index in [1.54, 1.807) is 12.5 Å². The van der Waals surface area contributed by atoms with Crippen molar-refractivity contribution < 1.29 is 24.1 Å². The van der Waals surface area contributed by atoms with Gasteiger partial charge in [-0.25, -0.2) is 4.98 Å². The molecular weight excluding hydrogens is 378 g/mol. The molecular formula is C21H21NO5S. The van der Waals surface area contributed by atoms with E-state index in [0.717, 1.165) is 16.3 Å². The highest BCUT2D eigenvalue weighted by Crippen LogP contribution is 2.33. The summed E-state index contributed by atoms with van der Waals surface area (Å²) in [5, 5.41) is 11.4. The van der Waals surface area contributed by atoms with Gasteiger partial charge in [-0.05, 0) is 37.3 Å². The molecule has 0 saturated heterocycles. The second kappa shape index (κ2) is 9.23. The maximum absolute atomic E-state index is 10.8. The van der Waals surface area contributed by atoms with Crippen LogP contribution in [0.3, 0.4) is 0 Å². The van der Waals surface area contributed by atoms with Crippen molar-refractivity contribution in [1.29, 1.82) is 0 Å². The molecule has 1 heterocycles. The van der Waals surface area contributed by atoms with E-state index in [9.17, 15) is 4.79 Å². The molecule has 0 aliphatic heterocycles. The molecule has 1 aromatic heterocycles. The molecule has 0 atom stereocenters. The van der Waals surface area contributed by atoms with Gasteiger partial charge in [-0.15, -0.1) is 11.3 Å². The Kier molecular flexibility index (Phi) is 6.49. The van der Waals surface area contributed by atoms with Crippen molar-refractivity contribution in [2.75, 3.05) is 20.3 Å². The summed E-state index contributed by atoms with van der Waals surface area (Å²) in [7, 11) is 1.58. The van der Waals surface area contributed by atoms with Crippen molar-refractivity contribution in [3.63, 3.8) is 0 Å². The third kappa shape index (κ3) is 5.23. The lowest BCUT2D eigenvalue weighted by Gasteiger charge is -2.12. The van der Waals surface area contributed by atoms with Crippen LogP contribution in [0.1, 0.15) is 11.3 Å². The second-order valence-corrected chi connectivity index (χ2v) is 6.95. The Bertz CT molecular complexity index is 936. The number of hydrogen-bond donors (Lipinski definition) is 1. The van der Waals surface area contributed by atoms with Crippen LogP contribution >= 0.6 is 11.3 Å². The minimum absolute atomic E-state index is 0.0875. The smallest absolute Gasteiger partial charge is 0.309 e. The van der Waals surface area contributed by atoms with E-state index in [4.69, 9.17) is 19.3 Å². The van der Waals surface area contributed by atoms with Crippen LogP contribution in [0.4, 0.5) is 0 Å². The van der Waals surface area contributed by atoms with Gasteiger partial charge in [-0.3, -0.25) is 4.79 Å². The van der Waals surface area contributed by atoms with Crippen molar-refractivity contribution in [1.82, 2.24) is 4.98 Å². The number of aryl methyl sites for hydroxylation is 1. The van der Waals surface area contributed by atoms with E-state index >= 15 is 0 Å². The first kappa shape index (κ1) is 19.7. The normalized spacial score (nSPS) is 10.5. The SMILES string of the molecule is COc1cc(-c2nc(CC(=O)O)cs2)ccc1OCCOc1ccc(C)cc1. The predicted octanol–water partition coefficient (Wildman–Crippen LogP) is 4.21. The van der Waals surface area contributed by atoms with E-state index in [2.05, 4.69) is 4.98 Å². The van der Waals surface area contributed by atoms with Crippen molar-refractivity contribution in [2.24, 2.45) is 0 Å². The average Bonchev–Trinajstić information content (AvgIpc) is 3.14. The molecule has 7 heteroatoms. The molecule has 0 spiro atoms. The molecule has 28 heavy (non-hydrogen) atoms. The molecule has 0 fully saturated rings. The molecule has 3 rings (SSSR count). The van der Waals surface area contributed by atoms with Gasteiger partial charge in [0.25, 0.3) is 0 Å². The molecule has 0 unspecified atom stereocenters. The zero-order valence-electron chi connectivity index (χ0n) is 15.7. The Morgan fingerprint density at radius 1 is 1.07 bits per heavy atom. The number of methoxy groups -OCH3 is 1. The minimum atomic E-state index is -0.897. The Morgan fingerprint density at radius 2 is 1.82 bits per heavy atom. The molecule has 6 nitrogen and oxygen atoms in total. The number of hydrogen-bond acceptors (Lipinski definition) is 6. The topological polar surface area (TPSA) is 77.9 Å². The summed E-state index contributed by atoms with van der Waals surface area (Å²) in [6.45, 7) is 2.82. The van der Waals surface area contributed by atoms with E-state index in [1.165, 1.54) is 16.9 Å². The van der Waals surface area contributed by atoms with Crippen LogP contribution in [0.5, 0.6) is 17.2 Å². The van der Waals surface area contributed by atoms with Crippen molar-refractivity contribution in [3.05, 3.63) is 59.1 Å². The monoisotopic (exact) mass is 399 g/mol. The Labute approximate surface area is 167 Å². The number of rotatable bonds is 9. The number of aromatic nitrogens is 1. The number of nitrogens with zero attached hydrogens (tertiary/aromatic N) is 1. The summed E-state index contributed by atoms with van der Waals surface area (Å²) in [5.74, 6) is 1.10. The fraction of sp³-hybridized carbons (Fsp3) is 0.238. The molecule has 0 aliphatic rings. The van der Waals surface area contributed by atoms with Gasteiger partial charge < -0.3 is 19.3 Å². The lowest BCUT2D eigenvalue weighted by atomic mass is 10.2. The Hall–Kier alpha value is -3.06. The van der Waals surface area contributed by atoms with E-state index in [1.807, 2.05) is 49.4 Å². The lowest BCUT2D eigenvalue weighted by molar-refractivity contribution is -0.136. The average molecular weight is 399 g/mol. The zero-order chi connectivity index (χ0) is 19.9. The summed E-state index contributed by atoms with van der Waals surface area (Å²) in [5.41, 5.74) is 2.57. The maximum Gasteiger partial charge on any atom is 0.309 e. The molecule has 3 aromatic rings. The quantitative estimate of drug-likeness (QED) is 0.543. The predicted molar refractivity (Wildman–Crippen MR) is 108 cm³/mol. The summed E-state index contributed by atoms with van der Waals surface area (Å²) < 4.78 is 16.9. The van der Waals surface area contributed by atoms with E-state index in [-0.39, 0.29) is 6.42 Å². The van der Waals surface area contributed by atoms with E-state index in [0.29, 0.717) is 30.4 Å². The first-order valence-corrected chi connectivity index (χ1v) is 9.60. The number of carboxylic acids is 1. The van der Waals surface area contributed by atoms with Gasteiger partial charge in [-0.2, -0.15) is 0 Å². The molecule has 0 aliphatic carbocycles. The van der Waals surface area contributed by atoms with Gasteiger partial charge in [0.1, 0.15) is 24.0 Å². The number of thiazole rings is 1. The number of ether oxygens (including phenoxy) is 3. The number of carboxylic acid groups (broad SMARTS) is 1. The van der Waals surface area contributed by atoms with Gasteiger partial charge in [0.2, 0.25) is 0 Å². The Balaban J connectivity index is 1.60. The van der Waals surface area contributed by atoms with Crippen molar-refractivity contribution >= 4 is 17.3 Å². The zero-order valence-corrected chi connectivity index (χ0v) is 16.5. The summed E-state index contributed by atoms with van der Waals surface area (Å²) in [6, 6.07) is 13.4. The second-order valence-electron chi connectivity index (χ2n) is 6.09. The van der Waals surface area contributed by atoms with Crippen LogP contribution in [-0.4, -0.2) is 36.4 Å². The highest BCUT2D eigenvalue weighted by Gasteiger charge is 2.11. The molecule has 146 valence electrons. The highest BCUT2D eigenvalue weighted by atomic mass is 32.1. The summed E-state index contributed by atoms with van der Waals surface area (Å²) >= 11 is 1.40. The summed E-state index contributed by atoms with van der Waals surface area (Å²) in [4.78, 5) is 15.2. The van der Waals surface area contributed by atoms with Crippen LogP contribution in [-0.2, 0) is 11.2 Å². The first-order chi connectivity index (χ1) is 13.5. The van der Waals surface area contributed by atoms with Gasteiger partial charge >= 0.3 is 5.97 Å².